The number of aromatic nitrogens is 2. The number of fused-ring (bicyclic) bond motifs is 1. The Hall–Kier alpha value is -3.17. The molecule has 3 aromatic rings. The molecule has 0 aliphatic carbocycles. The summed E-state index contributed by atoms with van der Waals surface area (Å²) in [6.07, 6.45) is 0. The summed E-state index contributed by atoms with van der Waals surface area (Å²) in [5.41, 5.74) is 1.54. The maximum Gasteiger partial charge on any atom is 0.494 e. The van der Waals surface area contributed by atoms with Crippen molar-refractivity contribution in [1.82, 2.24) is 9.78 Å². The first-order valence-corrected chi connectivity index (χ1v) is 11.3. The van der Waals surface area contributed by atoms with Crippen LogP contribution in [0.4, 0.5) is 5.69 Å². The van der Waals surface area contributed by atoms with Crippen LogP contribution in [0.2, 0.25) is 0 Å². The van der Waals surface area contributed by atoms with Crippen molar-refractivity contribution in [2.24, 2.45) is 0 Å². The third-order valence-electron chi connectivity index (χ3n) is 6.54. The minimum absolute atomic E-state index is 0.0362. The zero-order valence-electron chi connectivity index (χ0n) is 20.6. The first kappa shape index (κ1) is 24.0. The molecule has 0 spiro atoms. The Labute approximate surface area is 199 Å². The maximum absolute atomic E-state index is 13.4. The quantitative estimate of drug-likeness (QED) is 0.455. The van der Waals surface area contributed by atoms with Crippen LogP contribution >= 0.6 is 0 Å². The van der Waals surface area contributed by atoms with E-state index >= 15 is 0 Å². The van der Waals surface area contributed by atoms with Gasteiger partial charge in [-0.25, -0.2) is 4.79 Å². The van der Waals surface area contributed by atoms with Crippen LogP contribution in [0.25, 0.3) is 10.9 Å². The molecular formula is C25H30BN3O5. The molecule has 9 heteroatoms. The average molecular weight is 463 g/mol. The number of nitrogens with one attached hydrogen (secondary N) is 1. The molecule has 1 aromatic heterocycles. The molecule has 0 radical (unpaired) electrons. The summed E-state index contributed by atoms with van der Waals surface area (Å²) in [5.74, 6) is -0.955. The van der Waals surface area contributed by atoms with E-state index in [1.165, 1.54) is 7.11 Å². The number of rotatable bonds is 5. The molecule has 34 heavy (non-hydrogen) atoms. The molecule has 0 bridgehead atoms. The lowest BCUT2D eigenvalue weighted by Gasteiger charge is -2.32. The Kier molecular flexibility index (Phi) is 6.04. The predicted molar refractivity (Wildman–Crippen MR) is 132 cm³/mol. The van der Waals surface area contributed by atoms with Crippen LogP contribution in [0, 0.1) is 0 Å². The molecule has 2 heterocycles. The molecule has 1 saturated heterocycles. The summed E-state index contributed by atoms with van der Waals surface area (Å²) < 4.78 is 19.1. The third kappa shape index (κ3) is 4.10. The highest BCUT2D eigenvalue weighted by Gasteiger charge is 2.51. The topological polar surface area (TPSA) is 91.7 Å². The number of hydrogen-bond acceptors (Lipinski definition) is 6. The molecular weight excluding hydrogens is 433 g/mol. The van der Waals surface area contributed by atoms with Crippen molar-refractivity contribution in [1.29, 1.82) is 0 Å². The summed E-state index contributed by atoms with van der Waals surface area (Å²) in [7, 11) is 0.739. The van der Waals surface area contributed by atoms with Crippen LogP contribution in [0.1, 0.15) is 68.4 Å². The van der Waals surface area contributed by atoms with Gasteiger partial charge in [0.05, 0.1) is 35.1 Å². The molecule has 8 nitrogen and oxygen atoms in total. The van der Waals surface area contributed by atoms with Crippen LogP contribution < -0.4 is 10.8 Å². The number of para-hydroxylation sites is 1. The first-order chi connectivity index (χ1) is 15.9. The molecule has 4 rings (SSSR count). The number of esters is 1. The van der Waals surface area contributed by atoms with E-state index in [1.807, 2.05) is 64.4 Å². The van der Waals surface area contributed by atoms with Crippen molar-refractivity contribution >= 4 is 41.0 Å². The maximum atomic E-state index is 13.4. The monoisotopic (exact) mass is 463 g/mol. The van der Waals surface area contributed by atoms with Crippen molar-refractivity contribution in [3.8, 4) is 0 Å². The lowest BCUT2D eigenvalue weighted by Crippen LogP contribution is -2.41. The highest BCUT2D eigenvalue weighted by molar-refractivity contribution is 6.62. The Morgan fingerprint density at radius 3 is 2.32 bits per heavy atom. The highest BCUT2D eigenvalue weighted by atomic mass is 16.7. The van der Waals surface area contributed by atoms with E-state index in [0.29, 0.717) is 11.1 Å². The minimum Gasteiger partial charge on any atom is -0.465 e. The second-order valence-electron chi connectivity index (χ2n) is 9.74. The lowest BCUT2D eigenvalue weighted by atomic mass is 9.78. The van der Waals surface area contributed by atoms with E-state index < -0.39 is 30.2 Å². The first-order valence-electron chi connectivity index (χ1n) is 11.3. The second-order valence-corrected chi connectivity index (χ2v) is 9.74. The van der Waals surface area contributed by atoms with E-state index in [4.69, 9.17) is 14.0 Å². The zero-order chi connectivity index (χ0) is 24.8. The van der Waals surface area contributed by atoms with Crippen LogP contribution in [0.5, 0.6) is 0 Å². The van der Waals surface area contributed by atoms with E-state index in [2.05, 4.69) is 10.4 Å². The van der Waals surface area contributed by atoms with Crippen LogP contribution in [-0.2, 0) is 14.0 Å². The van der Waals surface area contributed by atoms with Crippen molar-refractivity contribution < 1.29 is 23.6 Å². The van der Waals surface area contributed by atoms with Gasteiger partial charge < -0.3 is 19.4 Å². The predicted octanol–water partition coefficient (Wildman–Crippen LogP) is 3.96. The number of ether oxygens (including phenoxy) is 1. The number of hydrogen-bond donors (Lipinski definition) is 1. The summed E-state index contributed by atoms with van der Waals surface area (Å²) in [6, 6.07) is 12.5. The van der Waals surface area contributed by atoms with Gasteiger partial charge in [-0.1, -0.05) is 24.3 Å². The van der Waals surface area contributed by atoms with E-state index in [1.54, 1.807) is 24.3 Å². The van der Waals surface area contributed by atoms with Gasteiger partial charge in [0.1, 0.15) is 0 Å². The smallest absolute Gasteiger partial charge is 0.465 e. The van der Waals surface area contributed by atoms with Gasteiger partial charge in [0, 0.05) is 11.4 Å². The molecule has 1 aliphatic rings. The fourth-order valence-corrected chi connectivity index (χ4v) is 3.91. The Bertz CT molecular complexity index is 1250. The molecule has 178 valence electrons. The lowest BCUT2D eigenvalue weighted by molar-refractivity contribution is 0.00578. The Balaban J connectivity index is 1.75. The van der Waals surface area contributed by atoms with Crippen LogP contribution in [0.3, 0.4) is 0 Å². The molecule has 1 amide bonds. The number of carbonyl (C=O) groups is 2. The highest BCUT2D eigenvalue weighted by Crippen LogP contribution is 2.36. The number of amides is 1. The Morgan fingerprint density at radius 1 is 1.06 bits per heavy atom. The van der Waals surface area contributed by atoms with Crippen LogP contribution in [-0.4, -0.2) is 47.1 Å². The van der Waals surface area contributed by atoms with Gasteiger partial charge in [0.2, 0.25) is 0 Å². The largest absolute Gasteiger partial charge is 0.494 e. The van der Waals surface area contributed by atoms with Crippen LogP contribution in [0.15, 0.2) is 42.5 Å². The van der Waals surface area contributed by atoms with Gasteiger partial charge >= 0.3 is 13.1 Å². The van der Waals surface area contributed by atoms with E-state index in [0.717, 1.165) is 11.0 Å². The summed E-state index contributed by atoms with van der Waals surface area (Å²) in [5, 5.41) is 8.11. The van der Waals surface area contributed by atoms with Gasteiger partial charge in [-0.3, -0.25) is 9.48 Å². The molecule has 0 atom stereocenters. The molecule has 0 saturated carbocycles. The molecule has 1 N–H and O–H groups in total. The number of benzene rings is 2. The normalized spacial score (nSPS) is 16.8. The number of anilines is 1. The number of methoxy groups -OCH3 is 1. The third-order valence-corrected chi connectivity index (χ3v) is 6.54. The fraction of sp³-hybridized carbons (Fsp3) is 0.400. The number of carbonyl (C=O) groups excluding carboxylic acids is 2. The van der Waals surface area contributed by atoms with Crippen molar-refractivity contribution in [3.63, 3.8) is 0 Å². The van der Waals surface area contributed by atoms with E-state index in [-0.39, 0.29) is 17.3 Å². The zero-order valence-corrected chi connectivity index (χ0v) is 20.6. The van der Waals surface area contributed by atoms with Gasteiger partial charge in [-0.15, -0.1) is 0 Å². The standard InChI is InChI=1S/C25H30BN3O5/c1-15(2)29-20-13-12-16(26-33-24(3,4)25(5,6)34-26)14-18(20)21(28-29)22(30)27-19-11-9-8-10-17(19)23(31)32-7/h8-15H,1-7H3,(H,27,30). The second kappa shape index (κ2) is 8.56. The van der Waals surface area contributed by atoms with Gasteiger partial charge in [-0.2, -0.15) is 5.10 Å². The average Bonchev–Trinajstić information content (AvgIpc) is 3.27. The van der Waals surface area contributed by atoms with Crippen molar-refractivity contribution in [3.05, 3.63) is 53.7 Å². The molecule has 1 fully saturated rings. The molecule has 2 aromatic carbocycles. The minimum atomic E-state index is -0.562. The van der Waals surface area contributed by atoms with Gasteiger partial charge in [-0.05, 0) is 65.2 Å². The number of nitrogens with zero attached hydrogens (tertiary/aromatic N) is 2. The molecule has 1 aliphatic heterocycles. The summed E-state index contributed by atoms with van der Waals surface area (Å²) >= 11 is 0. The van der Waals surface area contributed by atoms with Gasteiger partial charge in [0.15, 0.2) is 5.69 Å². The summed E-state index contributed by atoms with van der Waals surface area (Å²) in [6.45, 7) is 12.0. The fourth-order valence-electron chi connectivity index (χ4n) is 3.91. The van der Waals surface area contributed by atoms with Gasteiger partial charge in [0.25, 0.3) is 5.91 Å². The SMILES string of the molecule is COC(=O)c1ccccc1NC(=O)c1nn(C(C)C)c2ccc(B3OC(C)(C)C(C)(C)O3)cc12. The van der Waals surface area contributed by atoms with E-state index in [9.17, 15) is 9.59 Å². The molecule has 0 unspecified atom stereocenters. The van der Waals surface area contributed by atoms with Crippen molar-refractivity contribution in [2.45, 2.75) is 58.8 Å². The Morgan fingerprint density at radius 2 is 1.71 bits per heavy atom. The summed E-state index contributed by atoms with van der Waals surface area (Å²) in [4.78, 5) is 25.5. The van der Waals surface area contributed by atoms with Crippen molar-refractivity contribution in [2.75, 3.05) is 12.4 Å².